The lowest BCUT2D eigenvalue weighted by Gasteiger charge is -2.04. The molecule has 2 N–H and O–H groups in total. The van der Waals surface area contributed by atoms with E-state index in [9.17, 15) is 9.59 Å². The summed E-state index contributed by atoms with van der Waals surface area (Å²) in [6, 6.07) is 6.73. The van der Waals surface area contributed by atoms with E-state index in [1.54, 1.807) is 24.3 Å². The number of benzene rings is 1. The lowest BCUT2D eigenvalue weighted by Crippen LogP contribution is -2.14. The fraction of sp³-hybridized carbons (Fsp3) is 0.154. The van der Waals surface area contributed by atoms with Crippen molar-refractivity contribution >= 4 is 5.97 Å². The van der Waals surface area contributed by atoms with Crippen LogP contribution in [0.25, 0.3) is 11.3 Å². The van der Waals surface area contributed by atoms with Crippen molar-refractivity contribution in [3.8, 4) is 17.0 Å². The van der Waals surface area contributed by atoms with Crippen LogP contribution in [0.5, 0.6) is 5.75 Å². The third-order valence-electron chi connectivity index (χ3n) is 2.45. The molecule has 2 rings (SSSR count). The molecule has 0 bridgehead atoms. The van der Waals surface area contributed by atoms with Crippen LogP contribution in [0.4, 0.5) is 0 Å². The average molecular weight is 260 g/mol. The summed E-state index contributed by atoms with van der Waals surface area (Å²) in [5.74, 6) is -0.513. The Morgan fingerprint density at radius 2 is 2.05 bits per heavy atom. The number of carboxylic acids is 1. The minimum absolute atomic E-state index is 0.0722. The van der Waals surface area contributed by atoms with Crippen molar-refractivity contribution in [3.63, 3.8) is 0 Å². The molecular weight excluding hydrogens is 248 g/mol. The molecule has 0 aliphatic heterocycles. The summed E-state index contributed by atoms with van der Waals surface area (Å²) in [6.45, 7) is 2.42. The largest absolute Gasteiger partial charge is 0.494 e. The van der Waals surface area contributed by atoms with Gasteiger partial charge in [-0.25, -0.2) is 9.78 Å². The van der Waals surface area contributed by atoms with Gasteiger partial charge in [0.15, 0.2) is 5.69 Å². The number of ether oxygens (including phenoxy) is 1. The summed E-state index contributed by atoms with van der Waals surface area (Å²) in [5.41, 5.74) is -0.0339. The van der Waals surface area contributed by atoms with Gasteiger partial charge in [0.2, 0.25) is 0 Å². The quantitative estimate of drug-likeness (QED) is 0.869. The minimum atomic E-state index is -1.19. The van der Waals surface area contributed by atoms with E-state index in [4.69, 9.17) is 9.84 Å². The van der Waals surface area contributed by atoms with Crippen LogP contribution in [0.2, 0.25) is 0 Å². The number of nitrogens with zero attached hydrogens (tertiary/aromatic N) is 1. The zero-order valence-corrected chi connectivity index (χ0v) is 10.2. The molecule has 0 saturated carbocycles. The highest BCUT2D eigenvalue weighted by Gasteiger charge is 2.11. The molecule has 1 aromatic carbocycles. The van der Waals surface area contributed by atoms with Crippen molar-refractivity contribution < 1.29 is 14.6 Å². The van der Waals surface area contributed by atoms with E-state index < -0.39 is 11.5 Å². The first-order valence-corrected chi connectivity index (χ1v) is 5.68. The molecule has 6 nitrogen and oxygen atoms in total. The molecule has 2 aromatic rings. The Morgan fingerprint density at radius 3 is 2.63 bits per heavy atom. The summed E-state index contributed by atoms with van der Waals surface area (Å²) in [7, 11) is 0. The lowest BCUT2D eigenvalue weighted by atomic mass is 10.1. The van der Waals surface area contributed by atoms with Crippen LogP contribution < -0.4 is 10.3 Å². The van der Waals surface area contributed by atoms with Crippen LogP contribution >= 0.6 is 0 Å². The second-order valence-corrected chi connectivity index (χ2v) is 3.73. The number of carboxylic acid groups (broad SMARTS) is 1. The molecule has 6 heteroatoms. The SMILES string of the molecule is CCOc1ccc(-c2nc(C(=O)O)c[nH]c2=O)cc1. The van der Waals surface area contributed by atoms with Gasteiger partial charge in [0.25, 0.3) is 5.56 Å². The van der Waals surface area contributed by atoms with Gasteiger partial charge in [0, 0.05) is 11.8 Å². The second kappa shape index (κ2) is 5.34. The van der Waals surface area contributed by atoms with Crippen molar-refractivity contribution in [1.29, 1.82) is 0 Å². The molecule has 0 aliphatic rings. The highest BCUT2D eigenvalue weighted by Crippen LogP contribution is 2.18. The van der Waals surface area contributed by atoms with Gasteiger partial charge >= 0.3 is 5.97 Å². The van der Waals surface area contributed by atoms with Crippen molar-refractivity contribution in [3.05, 3.63) is 46.5 Å². The maximum atomic E-state index is 11.7. The summed E-state index contributed by atoms with van der Waals surface area (Å²) in [6.07, 6.45) is 1.07. The lowest BCUT2D eigenvalue weighted by molar-refractivity contribution is 0.0690. The number of hydrogen-bond donors (Lipinski definition) is 2. The van der Waals surface area contributed by atoms with Crippen LogP contribution in [0.3, 0.4) is 0 Å². The standard InChI is InChI=1S/C13H12N2O4/c1-2-19-9-5-3-8(4-6-9)11-12(16)14-7-10(15-11)13(17)18/h3-7H,2H2,1H3,(H,14,16)(H,17,18). The van der Waals surface area contributed by atoms with E-state index in [1.165, 1.54) is 0 Å². The zero-order chi connectivity index (χ0) is 13.8. The van der Waals surface area contributed by atoms with E-state index >= 15 is 0 Å². The molecule has 0 amide bonds. The zero-order valence-electron chi connectivity index (χ0n) is 10.2. The average Bonchev–Trinajstić information content (AvgIpc) is 2.40. The first kappa shape index (κ1) is 12.8. The van der Waals surface area contributed by atoms with Crippen molar-refractivity contribution in [2.75, 3.05) is 6.61 Å². The van der Waals surface area contributed by atoms with E-state index in [0.717, 1.165) is 6.20 Å². The van der Waals surface area contributed by atoms with Gasteiger partial charge < -0.3 is 14.8 Å². The van der Waals surface area contributed by atoms with Crippen LogP contribution in [0, 0.1) is 0 Å². The number of aromatic nitrogens is 2. The summed E-state index contributed by atoms with van der Waals surface area (Å²) in [4.78, 5) is 28.7. The highest BCUT2D eigenvalue weighted by atomic mass is 16.5. The first-order valence-electron chi connectivity index (χ1n) is 5.68. The molecule has 0 atom stereocenters. The molecule has 0 spiro atoms. The van der Waals surface area contributed by atoms with Crippen LogP contribution in [-0.2, 0) is 0 Å². The van der Waals surface area contributed by atoms with Crippen LogP contribution in [-0.4, -0.2) is 27.7 Å². The topological polar surface area (TPSA) is 92.3 Å². The number of H-pyrrole nitrogens is 1. The van der Waals surface area contributed by atoms with Gasteiger partial charge in [-0.3, -0.25) is 4.79 Å². The third kappa shape index (κ3) is 2.79. The molecule has 0 saturated heterocycles. The summed E-state index contributed by atoms with van der Waals surface area (Å²) >= 11 is 0. The molecule has 0 aliphatic carbocycles. The molecule has 1 heterocycles. The summed E-state index contributed by atoms with van der Waals surface area (Å²) in [5, 5.41) is 8.86. The molecule has 19 heavy (non-hydrogen) atoms. The van der Waals surface area contributed by atoms with E-state index in [-0.39, 0.29) is 11.4 Å². The number of aromatic carboxylic acids is 1. The van der Waals surface area contributed by atoms with E-state index in [1.807, 2.05) is 6.92 Å². The molecule has 0 fully saturated rings. The molecule has 0 radical (unpaired) electrons. The van der Waals surface area contributed by atoms with Gasteiger partial charge in [0.05, 0.1) is 6.61 Å². The number of aromatic amines is 1. The van der Waals surface area contributed by atoms with Crippen molar-refractivity contribution in [2.45, 2.75) is 6.92 Å². The fourth-order valence-corrected chi connectivity index (χ4v) is 1.59. The maximum absolute atomic E-state index is 11.7. The normalized spacial score (nSPS) is 10.2. The van der Waals surface area contributed by atoms with Crippen molar-refractivity contribution in [2.24, 2.45) is 0 Å². The van der Waals surface area contributed by atoms with Gasteiger partial charge in [-0.2, -0.15) is 0 Å². The highest BCUT2D eigenvalue weighted by molar-refractivity contribution is 5.85. The van der Waals surface area contributed by atoms with Crippen LogP contribution in [0.15, 0.2) is 35.3 Å². The Labute approximate surface area is 108 Å². The Morgan fingerprint density at radius 1 is 1.37 bits per heavy atom. The van der Waals surface area contributed by atoms with E-state index in [0.29, 0.717) is 17.9 Å². The monoisotopic (exact) mass is 260 g/mol. The third-order valence-corrected chi connectivity index (χ3v) is 2.45. The van der Waals surface area contributed by atoms with Gasteiger partial charge in [-0.1, -0.05) is 0 Å². The van der Waals surface area contributed by atoms with Gasteiger partial charge in [-0.05, 0) is 31.2 Å². The smallest absolute Gasteiger partial charge is 0.356 e. The summed E-state index contributed by atoms with van der Waals surface area (Å²) < 4.78 is 5.29. The fourth-order valence-electron chi connectivity index (χ4n) is 1.59. The molecule has 1 aromatic heterocycles. The molecule has 98 valence electrons. The predicted molar refractivity (Wildman–Crippen MR) is 68.4 cm³/mol. The first-order chi connectivity index (χ1) is 9.11. The number of rotatable bonds is 4. The minimum Gasteiger partial charge on any atom is -0.494 e. The molecule has 0 unspecified atom stereocenters. The van der Waals surface area contributed by atoms with Crippen LogP contribution in [0.1, 0.15) is 17.4 Å². The maximum Gasteiger partial charge on any atom is 0.356 e. The second-order valence-electron chi connectivity index (χ2n) is 3.73. The van der Waals surface area contributed by atoms with Gasteiger partial charge in [-0.15, -0.1) is 0 Å². The van der Waals surface area contributed by atoms with Gasteiger partial charge in [0.1, 0.15) is 11.4 Å². The molecular formula is C13H12N2O4. The number of carbonyl (C=O) groups is 1. The Kier molecular flexibility index (Phi) is 3.61. The number of nitrogens with one attached hydrogen (secondary N) is 1. The van der Waals surface area contributed by atoms with Crippen molar-refractivity contribution in [1.82, 2.24) is 9.97 Å². The Bertz CT molecular complexity index is 646. The number of hydrogen-bond acceptors (Lipinski definition) is 4. The van der Waals surface area contributed by atoms with E-state index in [2.05, 4.69) is 9.97 Å². The Balaban J connectivity index is 2.43. The predicted octanol–water partition coefficient (Wildman–Crippen LogP) is 1.53. The Hall–Kier alpha value is -2.63.